The summed E-state index contributed by atoms with van der Waals surface area (Å²) in [6, 6.07) is 13.1. The fraction of sp³-hybridized carbons (Fsp3) is 0.118. The van der Waals surface area contributed by atoms with Crippen LogP contribution in [0.3, 0.4) is 0 Å². The topological polar surface area (TPSA) is 89.8 Å². The first-order valence-corrected chi connectivity index (χ1v) is 7.46. The van der Waals surface area contributed by atoms with Crippen LogP contribution in [0, 0.1) is 5.82 Å². The van der Waals surface area contributed by atoms with Gasteiger partial charge in [-0.25, -0.2) is 4.39 Å². The molecule has 1 N–H and O–H groups in total. The van der Waals surface area contributed by atoms with Crippen molar-refractivity contribution >= 4 is 17.4 Å². The molecule has 0 saturated carbocycles. The van der Waals surface area contributed by atoms with Gasteiger partial charge in [0, 0.05) is 18.2 Å². The molecule has 3 aromatic rings. The van der Waals surface area contributed by atoms with Crippen LogP contribution in [0.15, 0.2) is 48.5 Å². The molecular weight excluding hydrogens is 325 g/mol. The quantitative estimate of drug-likeness (QED) is 0.721. The molecule has 1 amide bonds. The predicted molar refractivity (Wildman–Crippen MR) is 88.3 cm³/mol. The first-order chi connectivity index (χ1) is 12.0. The molecule has 126 valence electrons. The Kier molecular flexibility index (Phi) is 4.60. The predicted octanol–water partition coefficient (Wildman–Crippen LogP) is 2.32. The molecule has 0 atom stereocenters. The number of carbonyl (C=O) groups excluding carboxylic acids is 2. The van der Waals surface area contributed by atoms with Crippen LogP contribution >= 0.6 is 0 Å². The average molecular weight is 339 g/mol. The first kappa shape index (κ1) is 16.4. The Labute approximate surface area is 142 Å². The van der Waals surface area contributed by atoms with E-state index in [-0.39, 0.29) is 23.7 Å². The Bertz CT molecular complexity index is 924. The van der Waals surface area contributed by atoms with E-state index in [1.165, 1.54) is 19.1 Å². The third kappa shape index (κ3) is 3.92. The summed E-state index contributed by atoms with van der Waals surface area (Å²) in [6.45, 7) is 1.08. The highest BCUT2D eigenvalue weighted by molar-refractivity contribution is 5.97. The fourth-order valence-corrected chi connectivity index (χ4v) is 2.25. The maximum absolute atomic E-state index is 14.1. The van der Waals surface area contributed by atoms with Gasteiger partial charge in [-0.2, -0.15) is 4.80 Å². The number of Topliss-reactive ketones (excluding diaryl/α,β-unsaturated/α-hetero) is 1. The van der Waals surface area contributed by atoms with Crippen molar-refractivity contribution in [3.05, 3.63) is 59.9 Å². The van der Waals surface area contributed by atoms with Gasteiger partial charge in [-0.05, 0) is 23.4 Å². The fourth-order valence-electron chi connectivity index (χ4n) is 2.25. The van der Waals surface area contributed by atoms with Crippen molar-refractivity contribution < 1.29 is 14.0 Å². The molecule has 8 heteroatoms. The zero-order valence-corrected chi connectivity index (χ0v) is 13.3. The van der Waals surface area contributed by atoms with E-state index in [1.54, 1.807) is 0 Å². The SMILES string of the molecule is CC(=O)Nc1ccc(C(=O)Cn2nnc(-c3ccccc3)n2)c(F)c1. The van der Waals surface area contributed by atoms with Crippen LogP contribution in [0.25, 0.3) is 11.4 Å². The highest BCUT2D eigenvalue weighted by atomic mass is 19.1. The van der Waals surface area contributed by atoms with Crippen molar-refractivity contribution in [2.45, 2.75) is 13.5 Å². The van der Waals surface area contributed by atoms with Crippen LogP contribution in [0.4, 0.5) is 10.1 Å². The monoisotopic (exact) mass is 339 g/mol. The molecule has 0 saturated heterocycles. The molecule has 1 aromatic heterocycles. The smallest absolute Gasteiger partial charge is 0.221 e. The normalized spacial score (nSPS) is 10.5. The van der Waals surface area contributed by atoms with Crippen LogP contribution in [-0.2, 0) is 11.3 Å². The molecule has 3 rings (SSSR count). The summed E-state index contributed by atoms with van der Waals surface area (Å²) in [4.78, 5) is 24.4. The number of aromatic nitrogens is 4. The van der Waals surface area contributed by atoms with E-state index in [0.717, 1.165) is 16.4 Å². The molecule has 0 fully saturated rings. The van der Waals surface area contributed by atoms with Crippen LogP contribution < -0.4 is 5.32 Å². The van der Waals surface area contributed by atoms with Gasteiger partial charge in [-0.15, -0.1) is 10.2 Å². The van der Waals surface area contributed by atoms with E-state index in [1.807, 2.05) is 30.3 Å². The molecule has 0 bridgehead atoms. The van der Waals surface area contributed by atoms with Crippen molar-refractivity contribution in [1.29, 1.82) is 0 Å². The second-order valence-corrected chi connectivity index (χ2v) is 5.31. The number of rotatable bonds is 5. The van der Waals surface area contributed by atoms with E-state index in [4.69, 9.17) is 0 Å². The number of hydrogen-bond acceptors (Lipinski definition) is 5. The largest absolute Gasteiger partial charge is 0.326 e. The number of benzene rings is 2. The number of tetrazole rings is 1. The van der Waals surface area contributed by atoms with Crippen molar-refractivity contribution in [3.8, 4) is 11.4 Å². The summed E-state index contributed by atoms with van der Waals surface area (Å²) >= 11 is 0. The van der Waals surface area contributed by atoms with Crippen LogP contribution in [0.2, 0.25) is 0 Å². The standard InChI is InChI=1S/C17H14FN5O2/c1-11(24)19-13-7-8-14(15(18)9-13)16(25)10-23-21-17(20-22-23)12-5-3-2-4-6-12/h2-9H,10H2,1H3,(H,19,24). The summed E-state index contributed by atoms with van der Waals surface area (Å²) in [5.74, 6) is -1.16. The number of nitrogens with zero attached hydrogens (tertiary/aromatic N) is 4. The Hall–Kier alpha value is -3.42. The van der Waals surface area contributed by atoms with Gasteiger partial charge in [-0.1, -0.05) is 30.3 Å². The molecule has 0 aliphatic carbocycles. The van der Waals surface area contributed by atoms with Crippen molar-refractivity contribution in [1.82, 2.24) is 20.2 Å². The molecular formula is C17H14FN5O2. The molecule has 7 nitrogen and oxygen atoms in total. The minimum atomic E-state index is -0.723. The molecule has 0 unspecified atom stereocenters. The third-order valence-corrected chi connectivity index (χ3v) is 3.36. The Morgan fingerprint density at radius 1 is 1.16 bits per heavy atom. The van der Waals surface area contributed by atoms with E-state index >= 15 is 0 Å². The summed E-state index contributed by atoms with van der Waals surface area (Å²) in [7, 11) is 0. The van der Waals surface area contributed by atoms with Gasteiger partial charge in [-0.3, -0.25) is 9.59 Å². The number of hydrogen-bond donors (Lipinski definition) is 1. The maximum atomic E-state index is 14.1. The van der Waals surface area contributed by atoms with Crippen molar-refractivity contribution in [2.24, 2.45) is 0 Å². The van der Waals surface area contributed by atoms with Crippen molar-refractivity contribution in [2.75, 3.05) is 5.32 Å². The molecule has 0 aliphatic heterocycles. The van der Waals surface area contributed by atoms with Gasteiger partial charge < -0.3 is 5.32 Å². The molecule has 0 aliphatic rings. The second-order valence-electron chi connectivity index (χ2n) is 5.31. The maximum Gasteiger partial charge on any atom is 0.221 e. The van der Waals surface area contributed by atoms with Gasteiger partial charge in [0.25, 0.3) is 0 Å². The summed E-state index contributed by atoms with van der Waals surface area (Å²) in [5, 5.41) is 14.3. The van der Waals surface area contributed by atoms with Crippen molar-refractivity contribution in [3.63, 3.8) is 0 Å². The number of amides is 1. The lowest BCUT2D eigenvalue weighted by atomic mass is 10.1. The molecule has 25 heavy (non-hydrogen) atoms. The van der Waals surface area contributed by atoms with E-state index in [0.29, 0.717) is 5.82 Å². The molecule has 1 heterocycles. The lowest BCUT2D eigenvalue weighted by molar-refractivity contribution is -0.114. The summed E-state index contributed by atoms with van der Waals surface area (Å²) in [6.07, 6.45) is 0. The van der Waals surface area contributed by atoms with Gasteiger partial charge in [0.2, 0.25) is 11.7 Å². The zero-order valence-electron chi connectivity index (χ0n) is 13.3. The molecule has 0 spiro atoms. The number of nitrogens with one attached hydrogen (secondary N) is 1. The number of halogens is 1. The Morgan fingerprint density at radius 2 is 1.92 bits per heavy atom. The Balaban J connectivity index is 1.74. The molecule has 0 radical (unpaired) electrons. The summed E-state index contributed by atoms with van der Waals surface area (Å²) in [5.41, 5.74) is 0.950. The first-order valence-electron chi connectivity index (χ1n) is 7.46. The molecule has 2 aromatic carbocycles. The zero-order chi connectivity index (χ0) is 17.8. The number of carbonyl (C=O) groups is 2. The number of ketones is 1. The van der Waals surface area contributed by atoms with Crippen LogP contribution in [0.5, 0.6) is 0 Å². The van der Waals surface area contributed by atoms with Gasteiger partial charge >= 0.3 is 0 Å². The minimum Gasteiger partial charge on any atom is -0.326 e. The Morgan fingerprint density at radius 3 is 2.60 bits per heavy atom. The van der Waals surface area contributed by atoms with Gasteiger partial charge in [0.05, 0.1) is 5.56 Å². The number of anilines is 1. The highest BCUT2D eigenvalue weighted by Gasteiger charge is 2.15. The lowest BCUT2D eigenvalue weighted by Gasteiger charge is -2.05. The summed E-state index contributed by atoms with van der Waals surface area (Å²) < 4.78 is 14.1. The van der Waals surface area contributed by atoms with Gasteiger partial charge in [0.15, 0.2) is 5.78 Å². The van der Waals surface area contributed by atoms with E-state index in [9.17, 15) is 14.0 Å². The lowest BCUT2D eigenvalue weighted by Crippen LogP contribution is -2.15. The minimum absolute atomic E-state index is 0.104. The third-order valence-electron chi connectivity index (χ3n) is 3.36. The van der Waals surface area contributed by atoms with E-state index < -0.39 is 11.6 Å². The highest BCUT2D eigenvalue weighted by Crippen LogP contribution is 2.16. The van der Waals surface area contributed by atoms with Gasteiger partial charge in [0.1, 0.15) is 12.4 Å². The second kappa shape index (κ2) is 7.00. The van der Waals surface area contributed by atoms with E-state index in [2.05, 4.69) is 20.7 Å². The van der Waals surface area contributed by atoms with Crippen LogP contribution in [0.1, 0.15) is 17.3 Å². The van der Waals surface area contributed by atoms with Crippen LogP contribution in [-0.4, -0.2) is 31.9 Å². The average Bonchev–Trinajstić information content (AvgIpc) is 3.03.